The second kappa shape index (κ2) is 5.32. The molecule has 0 aliphatic carbocycles. The molecule has 2 nitrogen and oxygen atoms in total. The summed E-state index contributed by atoms with van der Waals surface area (Å²) in [6, 6.07) is 13.1. The molecule has 3 rings (SSSR count). The summed E-state index contributed by atoms with van der Waals surface area (Å²) in [5.41, 5.74) is 1.26. The van der Waals surface area contributed by atoms with Crippen molar-refractivity contribution in [1.82, 2.24) is 0 Å². The largest absolute Gasteiger partial charge is 0.455 e. The molecule has 0 fully saturated rings. The molecule has 0 N–H and O–H groups in total. The Kier molecular flexibility index (Phi) is 3.36. The molecular formula is C17H10F2O2. The topological polar surface area (TPSA) is 30.2 Å². The summed E-state index contributed by atoms with van der Waals surface area (Å²) in [5, 5.41) is 0. The van der Waals surface area contributed by atoms with Crippen molar-refractivity contribution in [1.29, 1.82) is 0 Å². The molecule has 4 heteroatoms. The fraction of sp³-hybridized carbons (Fsp3) is 0. The molecule has 0 unspecified atom stereocenters. The predicted octanol–water partition coefficient (Wildman–Crippen LogP) is 4.70. The van der Waals surface area contributed by atoms with Crippen LogP contribution in [0, 0.1) is 11.6 Å². The van der Waals surface area contributed by atoms with Gasteiger partial charge in [0.1, 0.15) is 23.2 Å². The Balaban J connectivity index is 2.13. The third-order valence-corrected chi connectivity index (χ3v) is 3.08. The van der Waals surface area contributed by atoms with Crippen molar-refractivity contribution in [2.45, 2.75) is 0 Å². The highest BCUT2D eigenvalue weighted by Gasteiger charge is 2.14. The third kappa shape index (κ3) is 2.60. The Morgan fingerprint density at radius 2 is 1.48 bits per heavy atom. The fourth-order valence-electron chi connectivity index (χ4n) is 2.13. The lowest BCUT2D eigenvalue weighted by molar-refractivity contribution is 0.112. The molecule has 0 saturated heterocycles. The summed E-state index contributed by atoms with van der Waals surface area (Å²) in [4.78, 5) is 11.2. The molecule has 0 bridgehead atoms. The van der Waals surface area contributed by atoms with Crippen LogP contribution in [0.4, 0.5) is 8.78 Å². The first-order valence-electron chi connectivity index (χ1n) is 6.28. The summed E-state index contributed by atoms with van der Waals surface area (Å²) in [6.45, 7) is 0. The Bertz CT molecular complexity index is 806. The van der Waals surface area contributed by atoms with Crippen molar-refractivity contribution < 1.29 is 18.0 Å². The minimum absolute atomic E-state index is 0.267. The van der Waals surface area contributed by atoms with Gasteiger partial charge in [0.15, 0.2) is 6.29 Å². The van der Waals surface area contributed by atoms with E-state index in [0.29, 0.717) is 28.7 Å². The van der Waals surface area contributed by atoms with Crippen LogP contribution >= 0.6 is 0 Å². The number of rotatable bonds is 3. The summed E-state index contributed by atoms with van der Waals surface area (Å²) in [5.74, 6) is -0.198. The number of furan rings is 1. The highest BCUT2D eigenvalue weighted by atomic mass is 19.1. The lowest BCUT2D eigenvalue weighted by atomic mass is 10.1. The Hall–Kier alpha value is -2.75. The second-order valence-corrected chi connectivity index (χ2v) is 4.53. The van der Waals surface area contributed by atoms with Gasteiger partial charge in [-0.15, -0.1) is 0 Å². The summed E-state index contributed by atoms with van der Waals surface area (Å²) < 4.78 is 32.2. The molecule has 0 aliphatic heterocycles. The Morgan fingerprint density at radius 3 is 2.10 bits per heavy atom. The van der Waals surface area contributed by atoms with E-state index in [9.17, 15) is 13.6 Å². The first kappa shape index (κ1) is 13.2. The number of hydrogen-bond acceptors (Lipinski definition) is 2. The van der Waals surface area contributed by atoms with Gasteiger partial charge in [-0.2, -0.15) is 0 Å². The number of hydrogen-bond donors (Lipinski definition) is 0. The van der Waals surface area contributed by atoms with Crippen molar-refractivity contribution in [3.8, 4) is 22.6 Å². The van der Waals surface area contributed by atoms with Crippen molar-refractivity contribution >= 4 is 6.29 Å². The van der Waals surface area contributed by atoms with Crippen molar-refractivity contribution in [2.75, 3.05) is 0 Å². The molecule has 2 aromatic carbocycles. The van der Waals surface area contributed by atoms with Crippen LogP contribution in [0.2, 0.25) is 0 Å². The molecule has 1 aromatic heterocycles. The normalized spacial score (nSPS) is 10.6. The van der Waals surface area contributed by atoms with Crippen LogP contribution in [-0.4, -0.2) is 6.29 Å². The highest BCUT2D eigenvalue weighted by molar-refractivity contribution is 5.87. The van der Waals surface area contributed by atoms with E-state index in [2.05, 4.69) is 0 Å². The molecule has 0 atom stereocenters. The number of benzene rings is 2. The minimum atomic E-state index is -0.423. The molecule has 0 saturated carbocycles. The summed E-state index contributed by atoms with van der Waals surface area (Å²) in [6.07, 6.45) is 0.631. The van der Waals surface area contributed by atoms with Crippen LogP contribution in [0.1, 0.15) is 10.4 Å². The van der Waals surface area contributed by atoms with E-state index in [1.165, 1.54) is 36.4 Å². The maximum atomic E-state index is 13.3. The monoisotopic (exact) mass is 284 g/mol. The maximum absolute atomic E-state index is 13.3. The van der Waals surface area contributed by atoms with Gasteiger partial charge in [0.2, 0.25) is 0 Å². The van der Waals surface area contributed by atoms with Crippen molar-refractivity contribution in [2.24, 2.45) is 0 Å². The van der Waals surface area contributed by atoms with Gasteiger partial charge in [0, 0.05) is 11.1 Å². The molecule has 21 heavy (non-hydrogen) atoms. The zero-order chi connectivity index (χ0) is 14.8. The smallest absolute Gasteiger partial charge is 0.153 e. The van der Waals surface area contributed by atoms with Crippen LogP contribution in [0.3, 0.4) is 0 Å². The molecule has 0 aliphatic rings. The lowest BCUT2D eigenvalue weighted by Gasteiger charge is -1.99. The summed E-state index contributed by atoms with van der Waals surface area (Å²) in [7, 11) is 0. The number of aldehydes is 1. The van der Waals surface area contributed by atoms with Crippen LogP contribution in [-0.2, 0) is 0 Å². The SMILES string of the molecule is O=Cc1cc(-c2cccc(F)c2)oc1-c1cccc(F)c1. The molecular weight excluding hydrogens is 274 g/mol. The number of carbonyl (C=O) groups excluding carboxylic acids is 1. The molecule has 0 radical (unpaired) electrons. The summed E-state index contributed by atoms with van der Waals surface area (Å²) >= 11 is 0. The van der Waals surface area contributed by atoms with Crippen LogP contribution in [0.15, 0.2) is 59.0 Å². The molecule has 3 aromatic rings. The predicted molar refractivity (Wildman–Crippen MR) is 74.9 cm³/mol. The van der Waals surface area contributed by atoms with Crippen molar-refractivity contribution in [3.05, 3.63) is 71.8 Å². The van der Waals surface area contributed by atoms with Crippen LogP contribution in [0.25, 0.3) is 22.6 Å². The number of carbonyl (C=O) groups is 1. The van der Waals surface area contributed by atoms with Gasteiger partial charge >= 0.3 is 0 Å². The van der Waals surface area contributed by atoms with E-state index >= 15 is 0 Å². The molecule has 104 valence electrons. The molecule has 0 spiro atoms. The molecule has 0 amide bonds. The van der Waals surface area contributed by atoms with E-state index in [1.54, 1.807) is 18.2 Å². The van der Waals surface area contributed by atoms with Gasteiger partial charge in [0.05, 0.1) is 5.56 Å². The zero-order valence-electron chi connectivity index (χ0n) is 10.8. The Morgan fingerprint density at radius 1 is 0.857 bits per heavy atom. The van der Waals surface area contributed by atoms with Crippen LogP contribution < -0.4 is 0 Å². The van der Waals surface area contributed by atoms with Gasteiger partial charge in [-0.1, -0.05) is 24.3 Å². The zero-order valence-corrected chi connectivity index (χ0v) is 10.8. The Labute approximate surface area is 119 Å². The van der Waals surface area contributed by atoms with E-state index in [4.69, 9.17) is 4.42 Å². The maximum Gasteiger partial charge on any atom is 0.153 e. The standard InChI is InChI=1S/C17H10F2O2/c18-14-5-1-3-11(7-14)16-9-13(10-20)17(21-16)12-4-2-6-15(19)8-12/h1-10H. The first-order chi connectivity index (χ1) is 10.2. The third-order valence-electron chi connectivity index (χ3n) is 3.08. The highest BCUT2D eigenvalue weighted by Crippen LogP contribution is 2.32. The first-order valence-corrected chi connectivity index (χ1v) is 6.28. The average Bonchev–Trinajstić information content (AvgIpc) is 2.91. The van der Waals surface area contributed by atoms with E-state index in [-0.39, 0.29) is 5.76 Å². The van der Waals surface area contributed by atoms with Gasteiger partial charge in [-0.3, -0.25) is 4.79 Å². The van der Waals surface area contributed by atoms with Gasteiger partial charge in [-0.25, -0.2) is 8.78 Å². The van der Waals surface area contributed by atoms with E-state index < -0.39 is 11.6 Å². The van der Waals surface area contributed by atoms with Gasteiger partial charge in [-0.05, 0) is 30.3 Å². The number of halogens is 2. The second-order valence-electron chi connectivity index (χ2n) is 4.53. The van der Waals surface area contributed by atoms with E-state index in [0.717, 1.165) is 0 Å². The molecule has 1 heterocycles. The lowest BCUT2D eigenvalue weighted by Crippen LogP contribution is -1.82. The quantitative estimate of drug-likeness (QED) is 0.652. The van der Waals surface area contributed by atoms with E-state index in [1.807, 2.05) is 0 Å². The minimum Gasteiger partial charge on any atom is -0.455 e. The van der Waals surface area contributed by atoms with Gasteiger partial charge < -0.3 is 4.42 Å². The van der Waals surface area contributed by atoms with Gasteiger partial charge in [0.25, 0.3) is 0 Å². The fourth-order valence-corrected chi connectivity index (χ4v) is 2.13. The average molecular weight is 284 g/mol. The van der Waals surface area contributed by atoms with Crippen molar-refractivity contribution in [3.63, 3.8) is 0 Å². The van der Waals surface area contributed by atoms with Crippen LogP contribution in [0.5, 0.6) is 0 Å².